The summed E-state index contributed by atoms with van der Waals surface area (Å²) in [6.07, 6.45) is 0.164. The van der Waals surface area contributed by atoms with Crippen molar-refractivity contribution >= 4 is 36.3 Å². The molecule has 12 heteroatoms. The van der Waals surface area contributed by atoms with Crippen molar-refractivity contribution < 1.29 is 42.9 Å². The maximum Gasteiger partial charge on any atom is 0.277 e. The van der Waals surface area contributed by atoms with Crippen LogP contribution in [-0.2, 0) is 16.2 Å². The smallest absolute Gasteiger partial charge is 0.277 e. The Kier molecular flexibility index (Phi) is 9.87. The minimum atomic E-state index is -1.44. The van der Waals surface area contributed by atoms with Crippen molar-refractivity contribution in [3.05, 3.63) is 50.5 Å². The van der Waals surface area contributed by atoms with Gasteiger partial charge >= 0.3 is 0 Å². The lowest BCUT2D eigenvalue weighted by Crippen LogP contribution is -2.27. The number of rotatable bonds is 11. The molecule has 1 aromatic rings. The van der Waals surface area contributed by atoms with Gasteiger partial charge in [0.05, 0.1) is 50.0 Å². The molecule has 1 unspecified atom stereocenters. The standard InChI is InChI=1S/C18H20F3IN2O6/c19-13-6-22-2-1-14(13)23-17-12(18(28)24-30-4-3-25)5-10(15(20)16(17)21)8-29-9-11(27)7-26/h1-2,5-6,11,23,25-27H,3-4,7-9H2,(H,24,28). The summed E-state index contributed by atoms with van der Waals surface area (Å²) in [6, 6.07) is 0.991. The van der Waals surface area contributed by atoms with Gasteiger partial charge in [0.2, 0.25) is 0 Å². The molecule has 8 nitrogen and oxygen atoms in total. The van der Waals surface area contributed by atoms with E-state index in [0.29, 0.717) is 0 Å². The van der Waals surface area contributed by atoms with Gasteiger partial charge in [-0.3, -0.25) is 9.63 Å². The summed E-state index contributed by atoms with van der Waals surface area (Å²) in [7, 11) is 0. The number of halogens is 4. The van der Waals surface area contributed by atoms with Gasteiger partial charge in [-0.2, -0.15) is 0 Å². The van der Waals surface area contributed by atoms with Crippen molar-refractivity contribution in [3.8, 4) is 0 Å². The number of carbonyl (C=O) groups excluding carboxylic acids is 1. The highest BCUT2D eigenvalue weighted by atomic mass is 127. The summed E-state index contributed by atoms with van der Waals surface area (Å²) < 4.78 is 51.4. The van der Waals surface area contributed by atoms with E-state index in [1.165, 1.54) is 10.1 Å². The Bertz CT molecular complexity index is 863. The highest BCUT2D eigenvalue weighted by Gasteiger charge is 2.24. The average Bonchev–Trinajstić information content (AvgIpc) is 2.74. The number of ether oxygens (including phenoxy) is 1. The third-order valence-electron chi connectivity index (χ3n) is 3.64. The Balaban J connectivity index is 2.37. The second-order valence-corrected chi connectivity index (χ2v) is 7.92. The summed E-state index contributed by atoms with van der Waals surface area (Å²) in [5.74, 6) is -4.40. The van der Waals surface area contributed by atoms with E-state index in [0.717, 1.165) is 6.07 Å². The molecule has 1 aromatic carbocycles. The highest BCUT2D eigenvalue weighted by Crippen LogP contribution is 2.29. The minimum absolute atomic E-state index is 0.139. The van der Waals surface area contributed by atoms with Crippen LogP contribution >= 0.6 is 20.7 Å². The lowest BCUT2D eigenvalue weighted by Gasteiger charge is -2.17. The zero-order valence-electron chi connectivity index (χ0n) is 15.5. The van der Waals surface area contributed by atoms with E-state index in [9.17, 15) is 23.1 Å². The van der Waals surface area contributed by atoms with Crippen LogP contribution < -0.4 is 10.8 Å². The Morgan fingerprint density at radius 3 is 2.67 bits per heavy atom. The van der Waals surface area contributed by atoms with Crippen LogP contribution in [0.25, 0.3) is 0 Å². The molecular weight excluding hydrogens is 524 g/mol. The maximum atomic E-state index is 14.8. The first-order chi connectivity index (χ1) is 14.4. The van der Waals surface area contributed by atoms with Gasteiger partial charge in [0.25, 0.3) is 5.91 Å². The van der Waals surface area contributed by atoms with Gasteiger partial charge in [0, 0.05) is 9.58 Å². The van der Waals surface area contributed by atoms with Crippen molar-refractivity contribution in [2.45, 2.75) is 12.7 Å². The molecule has 166 valence electrons. The van der Waals surface area contributed by atoms with Crippen LogP contribution in [0.5, 0.6) is 0 Å². The normalized spacial score (nSPS) is 14.5. The first-order valence-corrected chi connectivity index (χ1v) is 11.1. The Labute approximate surface area is 179 Å². The van der Waals surface area contributed by atoms with E-state index >= 15 is 0 Å². The van der Waals surface area contributed by atoms with Gasteiger partial charge in [-0.25, -0.2) is 18.7 Å². The molecular formula is C18H20F3IN2O6. The second kappa shape index (κ2) is 12.1. The molecule has 0 fully saturated rings. The van der Waals surface area contributed by atoms with Crippen LogP contribution in [0.1, 0.15) is 15.9 Å². The van der Waals surface area contributed by atoms with E-state index in [-0.39, 0.29) is 24.5 Å². The average molecular weight is 544 g/mol. The van der Waals surface area contributed by atoms with Gasteiger partial charge in [-0.05, 0) is 16.2 Å². The van der Waals surface area contributed by atoms with Gasteiger partial charge in [0.1, 0.15) is 6.10 Å². The summed E-state index contributed by atoms with van der Waals surface area (Å²) in [4.78, 5) is 17.1. The molecule has 2 rings (SSSR count). The number of benzene rings is 1. The molecule has 0 saturated heterocycles. The molecule has 0 spiro atoms. The Hall–Kier alpha value is -1.84. The number of anilines is 1. The van der Waals surface area contributed by atoms with Crippen molar-refractivity contribution in [2.24, 2.45) is 0 Å². The van der Waals surface area contributed by atoms with Gasteiger partial charge < -0.3 is 25.4 Å². The molecule has 1 aliphatic heterocycles. The molecule has 1 atom stereocenters. The van der Waals surface area contributed by atoms with Crippen molar-refractivity contribution in [3.63, 3.8) is 0 Å². The van der Waals surface area contributed by atoms with Crippen LogP contribution in [0.4, 0.5) is 18.9 Å². The van der Waals surface area contributed by atoms with Gasteiger partial charge in [-0.15, -0.1) is 0 Å². The van der Waals surface area contributed by atoms with E-state index in [1.54, 1.807) is 4.08 Å². The van der Waals surface area contributed by atoms with Crippen LogP contribution in [0.3, 0.4) is 0 Å². The number of aliphatic hydroxyl groups excluding tert-OH is 3. The Morgan fingerprint density at radius 1 is 1.23 bits per heavy atom. The lowest BCUT2D eigenvalue weighted by molar-refractivity contribution is -0.000815. The summed E-state index contributed by atoms with van der Waals surface area (Å²) in [5, 5.41) is 29.2. The largest absolute Gasteiger partial charge is 0.394 e. The number of hydroxylamine groups is 1. The van der Waals surface area contributed by atoms with Crippen LogP contribution in [0, 0.1) is 11.6 Å². The van der Waals surface area contributed by atoms with Crippen molar-refractivity contribution in [1.82, 2.24) is 5.48 Å². The molecule has 0 radical (unpaired) electrons. The number of hydrogen-bond acceptors (Lipinski definition) is 7. The SMILES string of the molecule is O=C(NOCCO)c1cc(COCC(O)CO)c(F)c(F)c1NC1=C(F)C=IC=C1. The third-order valence-corrected chi connectivity index (χ3v) is 5.32. The van der Waals surface area contributed by atoms with Gasteiger partial charge in [-0.1, -0.05) is 20.7 Å². The summed E-state index contributed by atoms with van der Waals surface area (Å²) >= 11 is -0.618. The fraction of sp³-hybridized carbons (Fsp3) is 0.333. The van der Waals surface area contributed by atoms with Gasteiger partial charge in [0.15, 0.2) is 17.5 Å². The molecule has 0 bridgehead atoms. The predicted octanol–water partition coefficient (Wildman–Crippen LogP) is 1.38. The first-order valence-electron chi connectivity index (χ1n) is 8.58. The molecule has 0 aliphatic carbocycles. The number of nitrogens with one attached hydrogen (secondary N) is 2. The zero-order valence-corrected chi connectivity index (χ0v) is 17.7. The topological polar surface area (TPSA) is 120 Å². The molecule has 5 N–H and O–H groups in total. The summed E-state index contributed by atoms with van der Waals surface area (Å²) in [6.45, 7) is -2.07. The monoisotopic (exact) mass is 544 g/mol. The van der Waals surface area contributed by atoms with Crippen molar-refractivity contribution in [2.75, 3.05) is 31.7 Å². The first kappa shape index (κ1) is 24.4. The molecule has 0 aromatic heterocycles. The van der Waals surface area contributed by atoms with Crippen LogP contribution in [-0.4, -0.2) is 57.8 Å². The van der Waals surface area contributed by atoms with E-state index < -0.39 is 81.3 Å². The van der Waals surface area contributed by atoms with E-state index in [1.807, 2.05) is 5.48 Å². The second-order valence-electron chi connectivity index (χ2n) is 5.86. The number of aliphatic hydroxyl groups is 3. The molecule has 1 heterocycles. The number of hydrogen-bond donors (Lipinski definition) is 5. The predicted molar refractivity (Wildman–Crippen MR) is 111 cm³/mol. The molecule has 30 heavy (non-hydrogen) atoms. The fourth-order valence-electron chi connectivity index (χ4n) is 2.23. The zero-order chi connectivity index (χ0) is 22.1. The minimum Gasteiger partial charge on any atom is -0.394 e. The van der Waals surface area contributed by atoms with Crippen LogP contribution in [0.15, 0.2) is 27.7 Å². The number of carbonyl (C=O) groups is 1. The van der Waals surface area contributed by atoms with E-state index in [2.05, 4.69) is 5.32 Å². The molecule has 1 amide bonds. The number of amides is 1. The maximum absolute atomic E-state index is 14.8. The summed E-state index contributed by atoms with van der Waals surface area (Å²) in [5.41, 5.74) is 0.477. The fourth-order valence-corrected chi connectivity index (χ4v) is 3.65. The van der Waals surface area contributed by atoms with E-state index in [4.69, 9.17) is 19.8 Å². The third kappa shape index (κ3) is 6.58. The van der Waals surface area contributed by atoms with Crippen molar-refractivity contribution in [1.29, 1.82) is 0 Å². The highest BCUT2D eigenvalue weighted by molar-refractivity contribution is 14.2. The quantitative estimate of drug-likeness (QED) is 0.162. The lowest BCUT2D eigenvalue weighted by atomic mass is 10.1. The molecule has 1 aliphatic rings. The van der Waals surface area contributed by atoms with Crippen LogP contribution in [0.2, 0.25) is 0 Å². The Morgan fingerprint density at radius 2 is 2.00 bits per heavy atom. The number of allylic oxidation sites excluding steroid dienone is 2. The molecule has 0 saturated carbocycles.